The van der Waals surface area contributed by atoms with Gasteiger partial charge in [0, 0.05) is 37.8 Å². The van der Waals surface area contributed by atoms with Gasteiger partial charge in [0.1, 0.15) is 5.76 Å². The van der Waals surface area contributed by atoms with Crippen LogP contribution in [0.25, 0.3) is 0 Å². The smallest absolute Gasteiger partial charge is 0.250 e. The second-order valence-electron chi connectivity index (χ2n) is 4.37. The Kier molecular flexibility index (Phi) is 4.36. The fourth-order valence-electron chi connectivity index (χ4n) is 1.88. The predicted octanol–water partition coefficient (Wildman–Crippen LogP) is 1.66. The predicted molar refractivity (Wildman–Crippen MR) is 70.6 cm³/mol. The van der Waals surface area contributed by atoms with Gasteiger partial charge in [0.25, 0.3) is 5.56 Å². The molecule has 0 bridgehead atoms. The second-order valence-corrected chi connectivity index (χ2v) is 4.37. The normalized spacial score (nSPS) is 12.5. The molecule has 2 rings (SSSR count). The van der Waals surface area contributed by atoms with E-state index in [1.54, 1.807) is 29.2 Å². The molecule has 2 aromatic rings. The highest BCUT2D eigenvalue weighted by molar-refractivity contribution is 5.00. The van der Waals surface area contributed by atoms with Gasteiger partial charge in [-0.05, 0) is 25.1 Å². The lowest BCUT2D eigenvalue weighted by Gasteiger charge is -2.13. The highest BCUT2D eigenvalue weighted by Gasteiger charge is 2.04. The van der Waals surface area contributed by atoms with Crippen molar-refractivity contribution in [2.45, 2.75) is 25.9 Å². The Morgan fingerprint density at radius 3 is 2.94 bits per heavy atom. The van der Waals surface area contributed by atoms with Crippen molar-refractivity contribution in [3.8, 4) is 0 Å². The lowest BCUT2D eigenvalue weighted by atomic mass is 10.2. The molecule has 0 radical (unpaired) electrons. The van der Waals surface area contributed by atoms with Crippen LogP contribution in [0.4, 0.5) is 0 Å². The van der Waals surface area contributed by atoms with Crippen molar-refractivity contribution in [3.63, 3.8) is 0 Å². The van der Waals surface area contributed by atoms with Crippen LogP contribution in [0.15, 0.2) is 52.0 Å². The van der Waals surface area contributed by atoms with Crippen molar-refractivity contribution in [2.75, 3.05) is 6.54 Å². The summed E-state index contributed by atoms with van der Waals surface area (Å²) >= 11 is 0. The Morgan fingerprint density at radius 1 is 1.33 bits per heavy atom. The van der Waals surface area contributed by atoms with Gasteiger partial charge in [-0.15, -0.1) is 0 Å². The molecule has 4 nitrogen and oxygen atoms in total. The number of nitrogens with one attached hydrogen (secondary N) is 1. The van der Waals surface area contributed by atoms with Crippen LogP contribution in [0.2, 0.25) is 0 Å². The topological polar surface area (TPSA) is 47.2 Å². The van der Waals surface area contributed by atoms with Crippen LogP contribution in [0.1, 0.15) is 12.7 Å². The summed E-state index contributed by atoms with van der Waals surface area (Å²) in [6.45, 7) is 3.56. The van der Waals surface area contributed by atoms with Crippen LogP contribution in [-0.4, -0.2) is 17.2 Å². The third kappa shape index (κ3) is 3.60. The monoisotopic (exact) mass is 246 g/mol. The van der Waals surface area contributed by atoms with Gasteiger partial charge in [-0.25, -0.2) is 0 Å². The minimum atomic E-state index is 0.0398. The van der Waals surface area contributed by atoms with Gasteiger partial charge in [-0.2, -0.15) is 0 Å². The molecule has 0 saturated carbocycles. The number of furan rings is 1. The van der Waals surface area contributed by atoms with E-state index >= 15 is 0 Å². The van der Waals surface area contributed by atoms with Crippen LogP contribution in [0.3, 0.4) is 0 Å². The van der Waals surface area contributed by atoms with Crippen LogP contribution >= 0.6 is 0 Å². The zero-order valence-electron chi connectivity index (χ0n) is 10.5. The first-order chi connectivity index (χ1) is 8.75. The molecule has 96 valence electrons. The Bertz CT molecular complexity index is 517. The van der Waals surface area contributed by atoms with Crippen LogP contribution in [-0.2, 0) is 13.0 Å². The summed E-state index contributed by atoms with van der Waals surface area (Å²) in [6, 6.07) is 9.40. The summed E-state index contributed by atoms with van der Waals surface area (Å²) in [5.74, 6) is 0.979. The molecule has 0 spiro atoms. The molecule has 0 aromatic carbocycles. The van der Waals surface area contributed by atoms with Crippen molar-refractivity contribution >= 4 is 0 Å². The minimum Gasteiger partial charge on any atom is -0.469 e. The molecule has 1 unspecified atom stereocenters. The van der Waals surface area contributed by atoms with Crippen molar-refractivity contribution in [2.24, 2.45) is 0 Å². The molecular weight excluding hydrogens is 228 g/mol. The minimum absolute atomic E-state index is 0.0398. The molecule has 2 aromatic heterocycles. The molecule has 0 amide bonds. The molecule has 0 saturated heterocycles. The highest BCUT2D eigenvalue weighted by atomic mass is 16.3. The van der Waals surface area contributed by atoms with E-state index in [9.17, 15) is 4.79 Å². The summed E-state index contributed by atoms with van der Waals surface area (Å²) in [5.41, 5.74) is 0.0398. The zero-order valence-corrected chi connectivity index (χ0v) is 10.5. The van der Waals surface area contributed by atoms with Crippen LogP contribution in [0, 0.1) is 0 Å². The molecule has 4 heteroatoms. The van der Waals surface area contributed by atoms with Crippen LogP contribution in [0.5, 0.6) is 0 Å². The largest absolute Gasteiger partial charge is 0.469 e. The fraction of sp³-hybridized carbons (Fsp3) is 0.357. The Morgan fingerprint density at radius 2 is 2.22 bits per heavy atom. The maximum absolute atomic E-state index is 11.5. The van der Waals surface area contributed by atoms with E-state index in [0.29, 0.717) is 12.6 Å². The van der Waals surface area contributed by atoms with Gasteiger partial charge in [0.05, 0.1) is 6.26 Å². The van der Waals surface area contributed by atoms with Crippen molar-refractivity contribution in [3.05, 3.63) is 58.9 Å². The quantitative estimate of drug-likeness (QED) is 0.843. The van der Waals surface area contributed by atoms with E-state index in [1.165, 1.54) is 0 Å². The number of pyridine rings is 1. The van der Waals surface area contributed by atoms with Gasteiger partial charge in [0.15, 0.2) is 0 Å². The molecular formula is C14H18N2O2. The van der Waals surface area contributed by atoms with Gasteiger partial charge in [0.2, 0.25) is 0 Å². The fourth-order valence-corrected chi connectivity index (χ4v) is 1.88. The molecule has 0 aliphatic rings. The summed E-state index contributed by atoms with van der Waals surface area (Å²) in [4.78, 5) is 11.5. The van der Waals surface area contributed by atoms with E-state index in [-0.39, 0.29) is 5.56 Å². The van der Waals surface area contributed by atoms with Gasteiger partial charge in [-0.3, -0.25) is 4.79 Å². The number of rotatable bonds is 6. The Balaban J connectivity index is 1.75. The first-order valence-corrected chi connectivity index (χ1v) is 6.17. The lowest BCUT2D eigenvalue weighted by Crippen LogP contribution is -2.33. The first-order valence-electron chi connectivity index (χ1n) is 6.17. The third-order valence-electron chi connectivity index (χ3n) is 2.83. The average molecular weight is 246 g/mol. The van der Waals surface area contributed by atoms with E-state index in [2.05, 4.69) is 12.2 Å². The number of hydrogen-bond acceptors (Lipinski definition) is 3. The number of nitrogens with zero attached hydrogens (tertiary/aromatic N) is 1. The SMILES string of the molecule is CC(Cc1ccco1)NCCn1ccccc1=O. The highest BCUT2D eigenvalue weighted by Crippen LogP contribution is 2.03. The molecule has 0 aliphatic carbocycles. The number of hydrogen-bond donors (Lipinski definition) is 1. The standard InChI is InChI=1S/C14H18N2O2/c1-12(11-13-5-4-10-18-13)15-7-9-16-8-3-2-6-14(16)17/h2-6,8,10,12,15H,7,9,11H2,1H3. The first kappa shape index (κ1) is 12.6. The van der Waals surface area contributed by atoms with Crippen molar-refractivity contribution in [1.29, 1.82) is 0 Å². The molecule has 18 heavy (non-hydrogen) atoms. The van der Waals surface area contributed by atoms with Gasteiger partial charge >= 0.3 is 0 Å². The molecule has 0 fully saturated rings. The zero-order chi connectivity index (χ0) is 12.8. The summed E-state index contributed by atoms with van der Waals surface area (Å²) in [7, 11) is 0. The van der Waals surface area contributed by atoms with Crippen LogP contribution < -0.4 is 10.9 Å². The molecule has 2 heterocycles. The Hall–Kier alpha value is -1.81. The Labute approximate surface area is 106 Å². The van der Waals surface area contributed by atoms with Crippen molar-refractivity contribution < 1.29 is 4.42 Å². The van der Waals surface area contributed by atoms with E-state index in [4.69, 9.17) is 4.42 Å². The summed E-state index contributed by atoms with van der Waals surface area (Å²) in [6.07, 6.45) is 4.35. The second kappa shape index (κ2) is 6.21. The summed E-state index contributed by atoms with van der Waals surface area (Å²) in [5, 5.41) is 3.38. The maximum Gasteiger partial charge on any atom is 0.250 e. The van der Waals surface area contributed by atoms with Crippen molar-refractivity contribution in [1.82, 2.24) is 9.88 Å². The lowest BCUT2D eigenvalue weighted by molar-refractivity contribution is 0.447. The van der Waals surface area contributed by atoms with E-state index < -0.39 is 0 Å². The van der Waals surface area contributed by atoms with Gasteiger partial charge in [-0.1, -0.05) is 6.07 Å². The molecule has 1 N–H and O–H groups in total. The molecule has 0 aliphatic heterocycles. The van der Waals surface area contributed by atoms with E-state index in [1.807, 2.05) is 18.2 Å². The van der Waals surface area contributed by atoms with Gasteiger partial charge < -0.3 is 14.3 Å². The third-order valence-corrected chi connectivity index (χ3v) is 2.83. The summed E-state index contributed by atoms with van der Waals surface area (Å²) < 4.78 is 6.99. The van der Waals surface area contributed by atoms with E-state index in [0.717, 1.165) is 18.7 Å². The average Bonchev–Trinajstić information content (AvgIpc) is 2.84. The molecule has 1 atom stereocenters. The number of aromatic nitrogens is 1. The maximum atomic E-state index is 11.5.